The lowest BCUT2D eigenvalue weighted by molar-refractivity contribution is -0.166. The van der Waals surface area contributed by atoms with Crippen LogP contribution in [0.5, 0.6) is 0 Å². The van der Waals surface area contributed by atoms with E-state index in [0.717, 1.165) is 14.2 Å². The van der Waals surface area contributed by atoms with Gasteiger partial charge in [0.2, 0.25) is 0 Å². The fraction of sp³-hybridized carbons (Fsp3) is 0.304. The van der Waals surface area contributed by atoms with E-state index in [9.17, 15) is 14.4 Å². The lowest BCUT2D eigenvalue weighted by Gasteiger charge is -2.21. The highest BCUT2D eigenvalue weighted by Crippen LogP contribution is 2.20. The van der Waals surface area contributed by atoms with Crippen molar-refractivity contribution >= 4 is 23.6 Å². The van der Waals surface area contributed by atoms with Crippen LogP contribution in [-0.2, 0) is 28.6 Å². The SMILES string of the molecule is COC(=O)C(C(=O)OC)[C@H](N=C(c1ccccc1)c1ccccc1)C(=O)OC(C)C. The number of esters is 3. The molecule has 2 rings (SSSR count). The van der Waals surface area contributed by atoms with Crippen LogP contribution in [0.4, 0.5) is 0 Å². The topological polar surface area (TPSA) is 91.3 Å². The number of nitrogens with zero attached hydrogens (tertiary/aromatic N) is 1. The second-order valence-electron chi connectivity index (χ2n) is 6.66. The Morgan fingerprint density at radius 2 is 1.17 bits per heavy atom. The van der Waals surface area contributed by atoms with Crippen molar-refractivity contribution in [1.82, 2.24) is 0 Å². The Bertz CT molecular complexity index is 835. The lowest BCUT2D eigenvalue weighted by Crippen LogP contribution is -2.42. The van der Waals surface area contributed by atoms with E-state index in [1.807, 2.05) is 60.7 Å². The Labute approximate surface area is 175 Å². The zero-order chi connectivity index (χ0) is 22.1. The van der Waals surface area contributed by atoms with E-state index in [1.54, 1.807) is 13.8 Å². The fourth-order valence-electron chi connectivity index (χ4n) is 2.82. The molecule has 0 unspecified atom stereocenters. The Balaban J connectivity index is 2.69. The van der Waals surface area contributed by atoms with Crippen molar-refractivity contribution in [3.05, 3.63) is 71.8 Å². The van der Waals surface area contributed by atoms with E-state index in [-0.39, 0.29) is 0 Å². The average molecular weight is 411 g/mol. The summed E-state index contributed by atoms with van der Waals surface area (Å²) in [6.45, 7) is 3.33. The molecule has 1 atom stereocenters. The van der Waals surface area contributed by atoms with Crippen molar-refractivity contribution in [3.63, 3.8) is 0 Å². The third kappa shape index (κ3) is 5.76. The molecule has 0 heterocycles. The average Bonchev–Trinajstić information content (AvgIpc) is 2.76. The van der Waals surface area contributed by atoms with Gasteiger partial charge in [0.1, 0.15) is 0 Å². The van der Waals surface area contributed by atoms with Crippen molar-refractivity contribution in [3.8, 4) is 0 Å². The highest BCUT2D eigenvalue weighted by atomic mass is 16.6. The van der Waals surface area contributed by atoms with Gasteiger partial charge in [-0.05, 0) is 13.8 Å². The molecule has 0 spiro atoms. The minimum Gasteiger partial charge on any atom is -0.468 e. The summed E-state index contributed by atoms with van der Waals surface area (Å²) >= 11 is 0. The summed E-state index contributed by atoms with van der Waals surface area (Å²) in [5, 5.41) is 0. The van der Waals surface area contributed by atoms with Gasteiger partial charge >= 0.3 is 17.9 Å². The molecule has 2 aromatic carbocycles. The molecule has 0 saturated carbocycles. The Hall–Kier alpha value is -3.48. The summed E-state index contributed by atoms with van der Waals surface area (Å²) in [5.74, 6) is -4.29. The van der Waals surface area contributed by atoms with Crippen molar-refractivity contribution in [2.45, 2.75) is 26.0 Å². The summed E-state index contributed by atoms with van der Waals surface area (Å²) in [6.07, 6.45) is -0.469. The van der Waals surface area contributed by atoms with E-state index >= 15 is 0 Å². The van der Waals surface area contributed by atoms with Crippen LogP contribution in [0.3, 0.4) is 0 Å². The number of benzene rings is 2. The van der Waals surface area contributed by atoms with Gasteiger partial charge in [0.05, 0.1) is 26.0 Å². The van der Waals surface area contributed by atoms with Gasteiger partial charge < -0.3 is 14.2 Å². The van der Waals surface area contributed by atoms with Crippen molar-refractivity contribution in [2.24, 2.45) is 10.9 Å². The first kappa shape index (κ1) is 22.8. The minimum atomic E-state index is -1.60. The monoisotopic (exact) mass is 411 g/mol. The highest BCUT2D eigenvalue weighted by Gasteiger charge is 2.43. The molecule has 158 valence electrons. The number of hydrogen-bond donors (Lipinski definition) is 0. The molecule has 0 aliphatic carbocycles. The summed E-state index contributed by atoms with van der Waals surface area (Å²) < 4.78 is 14.8. The van der Waals surface area contributed by atoms with Gasteiger partial charge in [-0.25, -0.2) is 4.79 Å². The van der Waals surface area contributed by atoms with E-state index < -0.39 is 36.0 Å². The van der Waals surface area contributed by atoms with Crippen LogP contribution in [0, 0.1) is 5.92 Å². The molecule has 0 fully saturated rings. The predicted octanol–water partition coefficient (Wildman–Crippen LogP) is 2.81. The van der Waals surface area contributed by atoms with Gasteiger partial charge in [-0.15, -0.1) is 0 Å². The first-order chi connectivity index (χ1) is 14.4. The van der Waals surface area contributed by atoms with Gasteiger partial charge in [0.15, 0.2) is 12.0 Å². The molecule has 0 radical (unpaired) electrons. The third-order valence-electron chi connectivity index (χ3n) is 4.18. The fourth-order valence-corrected chi connectivity index (χ4v) is 2.82. The van der Waals surface area contributed by atoms with Crippen molar-refractivity contribution in [1.29, 1.82) is 0 Å². The quantitative estimate of drug-likeness (QED) is 0.287. The number of carbonyl (C=O) groups is 3. The molecule has 0 aliphatic heterocycles. The first-order valence-corrected chi connectivity index (χ1v) is 9.43. The number of methoxy groups -OCH3 is 2. The Kier molecular flexibility index (Phi) is 8.29. The van der Waals surface area contributed by atoms with Crippen LogP contribution in [0.2, 0.25) is 0 Å². The molecule has 0 aliphatic rings. The molecule has 0 bridgehead atoms. The molecule has 7 nitrogen and oxygen atoms in total. The Morgan fingerprint density at radius 3 is 1.53 bits per heavy atom. The van der Waals surface area contributed by atoms with Crippen molar-refractivity contribution in [2.75, 3.05) is 14.2 Å². The molecule has 0 amide bonds. The van der Waals surface area contributed by atoms with Gasteiger partial charge in [0, 0.05) is 11.1 Å². The summed E-state index contributed by atoms with van der Waals surface area (Å²) in [4.78, 5) is 42.2. The number of hydrogen-bond acceptors (Lipinski definition) is 7. The van der Waals surface area contributed by atoms with E-state index in [1.165, 1.54) is 0 Å². The largest absolute Gasteiger partial charge is 0.468 e. The smallest absolute Gasteiger partial charge is 0.332 e. The zero-order valence-corrected chi connectivity index (χ0v) is 17.4. The number of carbonyl (C=O) groups excluding carboxylic acids is 3. The van der Waals surface area contributed by atoms with Crippen LogP contribution in [-0.4, -0.2) is 50.0 Å². The summed E-state index contributed by atoms with van der Waals surface area (Å²) in [5.41, 5.74) is 1.85. The van der Waals surface area contributed by atoms with E-state index in [2.05, 4.69) is 4.99 Å². The maximum Gasteiger partial charge on any atom is 0.332 e. The van der Waals surface area contributed by atoms with Crippen LogP contribution in [0.25, 0.3) is 0 Å². The maximum absolute atomic E-state index is 12.9. The summed E-state index contributed by atoms with van der Waals surface area (Å²) in [6, 6.07) is 16.8. The molecule has 30 heavy (non-hydrogen) atoms. The first-order valence-electron chi connectivity index (χ1n) is 9.43. The molecule has 0 aromatic heterocycles. The van der Waals surface area contributed by atoms with Gasteiger partial charge in [-0.1, -0.05) is 60.7 Å². The molecule has 2 aromatic rings. The second-order valence-corrected chi connectivity index (χ2v) is 6.66. The minimum absolute atomic E-state index is 0.430. The standard InChI is InChI=1S/C23H25NO6/c1-15(2)30-23(27)20(18(21(25)28-3)22(26)29-4)24-19(16-11-7-5-8-12-16)17-13-9-6-10-14-17/h5-15,18,20H,1-4H3/t20-/m0/s1. The van der Waals surface area contributed by atoms with E-state index in [0.29, 0.717) is 16.8 Å². The van der Waals surface area contributed by atoms with Crippen LogP contribution >= 0.6 is 0 Å². The molecular weight excluding hydrogens is 386 g/mol. The molecule has 0 N–H and O–H groups in total. The molecular formula is C23H25NO6. The molecule has 7 heteroatoms. The Morgan fingerprint density at radius 1 is 0.733 bits per heavy atom. The highest BCUT2D eigenvalue weighted by molar-refractivity contribution is 6.14. The lowest BCUT2D eigenvalue weighted by atomic mass is 9.97. The van der Waals surface area contributed by atoms with E-state index in [4.69, 9.17) is 14.2 Å². The zero-order valence-electron chi connectivity index (χ0n) is 17.4. The number of rotatable bonds is 8. The van der Waals surface area contributed by atoms with Crippen LogP contribution in [0.15, 0.2) is 65.7 Å². The van der Waals surface area contributed by atoms with Gasteiger partial charge in [-0.2, -0.15) is 0 Å². The van der Waals surface area contributed by atoms with Gasteiger partial charge in [-0.3, -0.25) is 14.6 Å². The number of aliphatic imine (C=N–C) groups is 1. The molecule has 0 saturated heterocycles. The third-order valence-corrected chi connectivity index (χ3v) is 4.18. The van der Waals surface area contributed by atoms with Gasteiger partial charge in [0.25, 0.3) is 0 Å². The number of ether oxygens (including phenoxy) is 3. The summed E-state index contributed by atoms with van der Waals surface area (Å²) in [7, 11) is 2.25. The normalized spacial score (nSPS) is 11.5. The second kappa shape index (κ2) is 10.9. The van der Waals surface area contributed by atoms with Crippen molar-refractivity contribution < 1.29 is 28.6 Å². The maximum atomic E-state index is 12.9. The van der Waals surface area contributed by atoms with Crippen LogP contribution < -0.4 is 0 Å². The predicted molar refractivity (Wildman–Crippen MR) is 111 cm³/mol. The van der Waals surface area contributed by atoms with Crippen LogP contribution in [0.1, 0.15) is 25.0 Å².